The Bertz CT molecular complexity index is 1650. The molecule has 2 aromatic carbocycles. The number of carbonyl (C=O) groups is 3. The van der Waals surface area contributed by atoms with E-state index in [1.807, 2.05) is 34.9 Å². The third-order valence-electron chi connectivity index (χ3n) is 8.98. The fraction of sp³-hybridized carbons (Fsp3) is 0.514. The number of aliphatic hydroxyl groups is 1. The molecule has 50 heavy (non-hydrogen) atoms. The lowest BCUT2D eigenvalue weighted by Gasteiger charge is -2.40. The molecule has 4 unspecified atom stereocenters. The van der Waals surface area contributed by atoms with Gasteiger partial charge in [-0.25, -0.2) is 18.6 Å². The van der Waals surface area contributed by atoms with Crippen LogP contribution >= 0.6 is 0 Å². The summed E-state index contributed by atoms with van der Waals surface area (Å²) in [5.74, 6) is -2.82. The Kier molecular flexibility index (Phi) is 11.6. The van der Waals surface area contributed by atoms with E-state index in [1.165, 1.54) is 18.7 Å². The van der Waals surface area contributed by atoms with Crippen molar-refractivity contribution in [2.75, 3.05) is 32.8 Å². The quantitative estimate of drug-likeness (QED) is 0.282. The molecule has 2 aliphatic heterocycles. The Morgan fingerprint density at radius 1 is 1.08 bits per heavy atom. The summed E-state index contributed by atoms with van der Waals surface area (Å²) >= 11 is 0. The summed E-state index contributed by atoms with van der Waals surface area (Å²) in [4.78, 5) is 47.4. The van der Waals surface area contributed by atoms with Crippen LogP contribution in [0.1, 0.15) is 64.9 Å². The Balaban J connectivity index is 1.62. The predicted molar refractivity (Wildman–Crippen MR) is 180 cm³/mol. The zero-order valence-electron chi connectivity index (χ0n) is 29.2. The highest BCUT2D eigenvalue weighted by Gasteiger charge is 2.44. The number of amides is 2. The van der Waals surface area contributed by atoms with E-state index in [2.05, 4.69) is 0 Å². The van der Waals surface area contributed by atoms with Crippen LogP contribution in [0.15, 0.2) is 54.7 Å². The Morgan fingerprint density at radius 3 is 2.44 bits per heavy atom. The smallest absolute Gasteiger partial charge is 0.410 e. The molecular weight excluding hydrogens is 650 g/mol. The summed E-state index contributed by atoms with van der Waals surface area (Å²) in [6.07, 6.45) is 0.00205. The molecule has 3 aromatic rings. The van der Waals surface area contributed by atoms with Crippen LogP contribution in [0.2, 0.25) is 0 Å². The van der Waals surface area contributed by atoms with Crippen LogP contribution < -0.4 is 0 Å². The molecule has 1 aromatic heterocycles. The summed E-state index contributed by atoms with van der Waals surface area (Å²) in [5, 5.41) is 11.3. The second kappa shape index (κ2) is 15.7. The normalized spacial score (nSPS) is 19.6. The molecule has 270 valence electrons. The van der Waals surface area contributed by atoms with Gasteiger partial charge in [0.05, 0.1) is 24.4 Å². The lowest BCUT2D eigenvalue weighted by molar-refractivity contribution is -0.160. The molecular formula is C37H46F2N4O7. The van der Waals surface area contributed by atoms with Crippen molar-refractivity contribution in [3.8, 4) is 11.3 Å². The fourth-order valence-corrected chi connectivity index (χ4v) is 6.67. The number of hydrogen-bond acceptors (Lipinski definition) is 8. The highest BCUT2D eigenvalue weighted by Crippen LogP contribution is 2.39. The van der Waals surface area contributed by atoms with E-state index in [0.29, 0.717) is 38.4 Å². The first-order chi connectivity index (χ1) is 23.7. The van der Waals surface area contributed by atoms with Gasteiger partial charge in [0, 0.05) is 57.4 Å². The van der Waals surface area contributed by atoms with Gasteiger partial charge in [-0.05, 0) is 70.2 Å². The standard InChI is InChI=1S/C37H46F2N4O7/c1-23(49-24(2)44)35(46)43(20-27-19-42(22-32(27)45)36(47)50-37(3,4)5)33(26-13-15-48-16-14-26)34-40-31(29-17-28(38)11-12-30(29)39)21-41(34)18-25-9-7-6-8-10-25/h6-12,17,21,23,26-27,32-33,45H,13-16,18-20,22H2,1-5H3. The van der Waals surface area contributed by atoms with Gasteiger partial charge in [0.1, 0.15) is 23.1 Å². The highest BCUT2D eigenvalue weighted by atomic mass is 19.1. The Hall–Kier alpha value is -4.36. The molecule has 2 fully saturated rings. The molecule has 3 heterocycles. The molecule has 2 amide bonds. The maximum Gasteiger partial charge on any atom is 0.410 e. The van der Waals surface area contributed by atoms with Gasteiger partial charge in [0.2, 0.25) is 0 Å². The maximum atomic E-state index is 15.2. The first-order valence-corrected chi connectivity index (χ1v) is 17.0. The van der Waals surface area contributed by atoms with Crippen molar-refractivity contribution in [2.24, 2.45) is 11.8 Å². The number of rotatable bonds is 10. The number of benzene rings is 2. The van der Waals surface area contributed by atoms with Crippen molar-refractivity contribution in [1.29, 1.82) is 0 Å². The number of esters is 1. The maximum absolute atomic E-state index is 15.2. The molecule has 13 heteroatoms. The van der Waals surface area contributed by atoms with Gasteiger partial charge in [0.25, 0.3) is 5.91 Å². The summed E-state index contributed by atoms with van der Waals surface area (Å²) in [6.45, 7) is 9.22. The van der Waals surface area contributed by atoms with Crippen molar-refractivity contribution in [3.63, 3.8) is 0 Å². The number of carbonyl (C=O) groups excluding carboxylic acids is 3. The number of halogens is 2. The highest BCUT2D eigenvalue weighted by molar-refractivity contribution is 5.83. The lowest BCUT2D eigenvalue weighted by Crippen LogP contribution is -2.49. The minimum Gasteiger partial charge on any atom is -0.453 e. The van der Waals surface area contributed by atoms with Crippen molar-refractivity contribution < 1.29 is 42.5 Å². The Morgan fingerprint density at radius 2 is 1.78 bits per heavy atom. The van der Waals surface area contributed by atoms with Gasteiger partial charge in [-0.15, -0.1) is 0 Å². The molecule has 0 spiro atoms. The van der Waals surface area contributed by atoms with E-state index >= 15 is 4.39 Å². The number of likely N-dealkylation sites (tertiary alicyclic amines) is 1. The minimum atomic E-state index is -1.19. The first kappa shape index (κ1) is 36.9. The van der Waals surface area contributed by atoms with Gasteiger partial charge in [0.15, 0.2) is 6.10 Å². The van der Waals surface area contributed by atoms with Crippen molar-refractivity contribution in [2.45, 2.75) is 77.9 Å². The lowest BCUT2D eigenvalue weighted by atomic mass is 9.88. The molecule has 2 aliphatic rings. The molecule has 4 atom stereocenters. The van der Waals surface area contributed by atoms with E-state index in [-0.39, 0.29) is 36.8 Å². The van der Waals surface area contributed by atoms with Gasteiger partial charge in [-0.3, -0.25) is 9.59 Å². The number of aromatic nitrogens is 2. The first-order valence-electron chi connectivity index (χ1n) is 17.0. The van der Waals surface area contributed by atoms with Crippen molar-refractivity contribution in [3.05, 3.63) is 77.8 Å². The average Bonchev–Trinajstić information content (AvgIpc) is 3.64. The van der Waals surface area contributed by atoms with Gasteiger partial charge >= 0.3 is 12.1 Å². The second-order valence-corrected chi connectivity index (χ2v) is 14.1. The van der Waals surface area contributed by atoms with E-state index in [4.69, 9.17) is 19.2 Å². The molecule has 0 bridgehead atoms. The van der Waals surface area contributed by atoms with E-state index in [9.17, 15) is 23.9 Å². The summed E-state index contributed by atoms with van der Waals surface area (Å²) in [5.41, 5.74) is 0.315. The van der Waals surface area contributed by atoms with Gasteiger partial charge in [-0.1, -0.05) is 30.3 Å². The van der Waals surface area contributed by atoms with Crippen LogP contribution in [0.25, 0.3) is 11.3 Å². The molecule has 2 saturated heterocycles. The summed E-state index contributed by atoms with van der Waals surface area (Å²) < 4.78 is 48.1. The molecule has 0 aliphatic carbocycles. The zero-order chi connectivity index (χ0) is 36.2. The molecule has 0 saturated carbocycles. The average molecular weight is 697 g/mol. The number of aliphatic hydroxyl groups excluding tert-OH is 1. The second-order valence-electron chi connectivity index (χ2n) is 14.1. The van der Waals surface area contributed by atoms with Gasteiger partial charge in [-0.2, -0.15) is 0 Å². The Labute approximate surface area is 291 Å². The molecule has 5 rings (SSSR count). The third kappa shape index (κ3) is 9.05. The third-order valence-corrected chi connectivity index (χ3v) is 8.98. The topological polar surface area (TPSA) is 123 Å². The number of β-amino-alcohol motifs (C(OH)–C–C–N with tert-alkyl or cyclic N) is 1. The SMILES string of the molecule is CC(=O)OC(C)C(=O)N(CC1CN(C(=O)OC(C)(C)C)CC1O)C(c1nc(-c2cc(F)ccc2F)cn1Cc1ccccc1)C1CCOCC1. The van der Waals surface area contributed by atoms with Crippen LogP contribution in [0.3, 0.4) is 0 Å². The molecule has 0 radical (unpaired) electrons. The van der Waals surface area contributed by atoms with Gasteiger partial charge < -0.3 is 33.7 Å². The predicted octanol–water partition coefficient (Wildman–Crippen LogP) is 5.35. The fourth-order valence-electron chi connectivity index (χ4n) is 6.67. The van der Waals surface area contributed by atoms with E-state index in [0.717, 1.165) is 23.8 Å². The molecule has 11 nitrogen and oxygen atoms in total. The van der Waals surface area contributed by atoms with Crippen LogP contribution in [-0.2, 0) is 30.3 Å². The largest absolute Gasteiger partial charge is 0.453 e. The number of imidazole rings is 1. The van der Waals surface area contributed by atoms with Crippen LogP contribution in [0, 0.1) is 23.5 Å². The molecule has 1 N–H and O–H groups in total. The van der Waals surface area contributed by atoms with E-state index < -0.39 is 59.4 Å². The zero-order valence-corrected chi connectivity index (χ0v) is 29.2. The van der Waals surface area contributed by atoms with E-state index in [1.54, 1.807) is 31.9 Å². The van der Waals surface area contributed by atoms with Crippen LogP contribution in [0.4, 0.5) is 13.6 Å². The van der Waals surface area contributed by atoms with Crippen molar-refractivity contribution >= 4 is 18.0 Å². The number of nitrogens with zero attached hydrogens (tertiary/aromatic N) is 4. The monoisotopic (exact) mass is 696 g/mol. The van der Waals surface area contributed by atoms with Crippen LogP contribution in [-0.4, -0.2) is 93.1 Å². The summed E-state index contributed by atoms with van der Waals surface area (Å²) in [6, 6.07) is 11.9. The number of hydrogen-bond donors (Lipinski definition) is 1. The van der Waals surface area contributed by atoms with Crippen LogP contribution in [0.5, 0.6) is 0 Å². The summed E-state index contributed by atoms with van der Waals surface area (Å²) in [7, 11) is 0. The van der Waals surface area contributed by atoms with Crippen molar-refractivity contribution in [1.82, 2.24) is 19.4 Å². The number of ether oxygens (including phenoxy) is 3. The minimum absolute atomic E-state index is 0.00861.